The van der Waals surface area contributed by atoms with E-state index in [-0.39, 0.29) is 36.1 Å². The van der Waals surface area contributed by atoms with Gasteiger partial charge >= 0.3 is 0 Å². The summed E-state index contributed by atoms with van der Waals surface area (Å²) in [6.07, 6.45) is 4.60. The van der Waals surface area contributed by atoms with Crippen LogP contribution in [0.15, 0.2) is 43.1 Å². The van der Waals surface area contributed by atoms with Crippen molar-refractivity contribution in [3.8, 4) is 11.6 Å². The molecule has 3 aromatic rings. The van der Waals surface area contributed by atoms with Crippen LogP contribution in [0.1, 0.15) is 17.5 Å². The molecule has 1 N–H and O–H groups in total. The molecule has 0 spiro atoms. The van der Waals surface area contributed by atoms with Crippen LogP contribution >= 0.6 is 0 Å². The Bertz CT molecular complexity index is 932. The first-order valence-corrected chi connectivity index (χ1v) is 8.20. The third kappa shape index (κ3) is 4.63. The van der Waals surface area contributed by atoms with Crippen LogP contribution < -0.4 is 10.1 Å². The fourth-order valence-corrected chi connectivity index (χ4v) is 2.31. The van der Waals surface area contributed by atoms with E-state index in [9.17, 15) is 13.6 Å². The molecule has 2 heterocycles. The highest BCUT2D eigenvalue weighted by Crippen LogP contribution is 2.28. The number of halogens is 2. The number of aromatic nitrogens is 4. The molecule has 0 radical (unpaired) electrons. The standard InChI is InChI=1S/C18H17F2N5O2/c1-12-4-5-14(17(20)16(12)19)27-18-13(3-2-7-22-18)9-23-15(26)6-8-25-11-21-10-24-25/h2-5,7,10-11H,6,8-9H2,1H3,(H,23,26). The van der Waals surface area contributed by atoms with Gasteiger partial charge in [0.1, 0.15) is 12.7 Å². The van der Waals surface area contributed by atoms with E-state index < -0.39 is 11.6 Å². The van der Waals surface area contributed by atoms with E-state index in [0.29, 0.717) is 12.1 Å². The van der Waals surface area contributed by atoms with Crippen molar-refractivity contribution in [2.24, 2.45) is 0 Å². The number of carbonyl (C=O) groups excluding carboxylic acids is 1. The maximum absolute atomic E-state index is 14.0. The first-order chi connectivity index (χ1) is 13.0. The molecule has 0 aliphatic rings. The molecular formula is C18H17F2N5O2. The van der Waals surface area contributed by atoms with Gasteiger partial charge in [-0.05, 0) is 24.6 Å². The smallest absolute Gasteiger partial charge is 0.224 e. The Morgan fingerprint density at radius 2 is 2.11 bits per heavy atom. The molecule has 0 unspecified atom stereocenters. The average Bonchev–Trinajstić information content (AvgIpc) is 3.19. The molecule has 0 saturated heterocycles. The molecule has 27 heavy (non-hydrogen) atoms. The number of ether oxygens (including phenoxy) is 1. The van der Waals surface area contributed by atoms with Gasteiger partial charge in [0.05, 0.1) is 6.54 Å². The highest BCUT2D eigenvalue weighted by Gasteiger charge is 2.15. The van der Waals surface area contributed by atoms with Gasteiger partial charge in [-0.15, -0.1) is 0 Å². The van der Waals surface area contributed by atoms with Crippen molar-refractivity contribution in [1.29, 1.82) is 0 Å². The van der Waals surface area contributed by atoms with Crippen LogP contribution in [0, 0.1) is 18.6 Å². The van der Waals surface area contributed by atoms with E-state index in [1.54, 1.807) is 16.8 Å². The Balaban J connectivity index is 1.64. The summed E-state index contributed by atoms with van der Waals surface area (Å²) < 4.78 is 34.7. The molecule has 2 aromatic heterocycles. The van der Waals surface area contributed by atoms with Crippen LogP contribution in [0.4, 0.5) is 8.78 Å². The third-order valence-corrected chi connectivity index (χ3v) is 3.81. The number of aryl methyl sites for hydroxylation is 2. The summed E-state index contributed by atoms with van der Waals surface area (Å²) in [6.45, 7) is 1.99. The predicted octanol–water partition coefficient (Wildman–Crippen LogP) is 2.76. The topological polar surface area (TPSA) is 81.9 Å². The maximum atomic E-state index is 14.0. The van der Waals surface area contributed by atoms with E-state index in [1.807, 2.05) is 0 Å². The number of nitrogens with zero attached hydrogens (tertiary/aromatic N) is 4. The third-order valence-electron chi connectivity index (χ3n) is 3.81. The van der Waals surface area contributed by atoms with Crippen molar-refractivity contribution in [3.05, 3.63) is 65.9 Å². The normalized spacial score (nSPS) is 10.6. The van der Waals surface area contributed by atoms with Crippen LogP contribution in [-0.4, -0.2) is 25.7 Å². The molecule has 0 bridgehead atoms. The van der Waals surface area contributed by atoms with E-state index in [0.717, 1.165) is 0 Å². The molecule has 0 atom stereocenters. The van der Waals surface area contributed by atoms with E-state index >= 15 is 0 Å². The van der Waals surface area contributed by atoms with Gasteiger partial charge in [-0.1, -0.05) is 12.1 Å². The van der Waals surface area contributed by atoms with Gasteiger partial charge < -0.3 is 10.1 Å². The second-order valence-corrected chi connectivity index (χ2v) is 5.76. The highest BCUT2D eigenvalue weighted by molar-refractivity contribution is 5.75. The van der Waals surface area contributed by atoms with Crippen molar-refractivity contribution in [1.82, 2.24) is 25.1 Å². The molecule has 0 aliphatic carbocycles. The number of hydrogen-bond donors (Lipinski definition) is 1. The minimum atomic E-state index is -1.08. The summed E-state index contributed by atoms with van der Waals surface area (Å²) in [5.74, 6) is -2.42. The second kappa shape index (κ2) is 8.35. The molecule has 1 aromatic carbocycles. The molecule has 0 fully saturated rings. The number of benzene rings is 1. The van der Waals surface area contributed by atoms with Gasteiger partial charge in [0.25, 0.3) is 0 Å². The zero-order chi connectivity index (χ0) is 19.2. The lowest BCUT2D eigenvalue weighted by atomic mass is 10.2. The first kappa shape index (κ1) is 18.4. The van der Waals surface area contributed by atoms with Gasteiger partial charge in [-0.3, -0.25) is 9.48 Å². The molecule has 0 aliphatic heterocycles. The lowest BCUT2D eigenvalue weighted by Crippen LogP contribution is -2.24. The Kier molecular flexibility index (Phi) is 5.70. The largest absolute Gasteiger partial charge is 0.435 e. The minimum absolute atomic E-state index is 0.0937. The summed E-state index contributed by atoms with van der Waals surface area (Å²) in [5.41, 5.74) is 0.715. The van der Waals surface area contributed by atoms with Gasteiger partial charge in [0.2, 0.25) is 17.6 Å². The zero-order valence-electron chi connectivity index (χ0n) is 14.5. The van der Waals surface area contributed by atoms with Crippen LogP contribution in [0.3, 0.4) is 0 Å². The van der Waals surface area contributed by atoms with E-state index in [4.69, 9.17) is 4.74 Å². The monoisotopic (exact) mass is 373 g/mol. The van der Waals surface area contributed by atoms with Crippen LogP contribution in [0.5, 0.6) is 11.6 Å². The number of carbonyl (C=O) groups is 1. The number of pyridine rings is 1. The van der Waals surface area contributed by atoms with Gasteiger partial charge in [-0.25, -0.2) is 14.4 Å². The Hall–Kier alpha value is -3.36. The molecule has 3 rings (SSSR count). The predicted molar refractivity (Wildman–Crippen MR) is 91.9 cm³/mol. The summed E-state index contributed by atoms with van der Waals surface area (Å²) in [5, 5.41) is 6.65. The first-order valence-electron chi connectivity index (χ1n) is 8.20. The summed E-state index contributed by atoms with van der Waals surface area (Å²) in [4.78, 5) is 19.8. The average molecular weight is 373 g/mol. The fraction of sp³-hybridized carbons (Fsp3) is 0.222. The summed E-state index contributed by atoms with van der Waals surface area (Å²) >= 11 is 0. The second-order valence-electron chi connectivity index (χ2n) is 5.76. The van der Waals surface area contributed by atoms with Crippen LogP contribution in [0.25, 0.3) is 0 Å². The maximum Gasteiger partial charge on any atom is 0.224 e. The highest BCUT2D eigenvalue weighted by atomic mass is 19.2. The zero-order valence-corrected chi connectivity index (χ0v) is 14.5. The van der Waals surface area contributed by atoms with Gasteiger partial charge in [-0.2, -0.15) is 9.49 Å². The number of hydrogen-bond acceptors (Lipinski definition) is 5. The van der Waals surface area contributed by atoms with Crippen molar-refractivity contribution >= 4 is 5.91 Å². The van der Waals surface area contributed by atoms with Crippen LogP contribution in [-0.2, 0) is 17.9 Å². The Morgan fingerprint density at radius 3 is 2.89 bits per heavy atom. The van der Waals surface area contributed by atoms with Crippen molar-refractivity contribution < 1.29 is 18.3 Å². The summed E-state index contributed by atoms with van der Waals surface area (Å²) in [7, 11) is 0. The fourth-order valence-electron chi connectivity index (χ4n) is 2.31. The Morgan fingerprint density at radius 1 is 1.26 bits per heavy atom. The van der Waals surface area contributed by atoms with Gasteiger partial charge in [0, 0.05) is 24.7 Å². The SMILES string of the molecule is Cc1ccc(Oc2ncccc2CNC(=O)CCn2cncn2)c(F)c1F. The van der Waals surface area contributed by atoms with Crippen LogP contribution in [0.2, 0.25) is 0 Å². The lowest BCUT2D eigenvalue weighted by Gasteiger charge is -2.12. The van der Waals surface area contributed by atoms with Crippen molar-refractivity contribution in [2.45, 2.75) is 26.4 Å². The lowest BCUT2D eigenvalue weighted by molar-refractivity contribution is -0.121. The van der Waals surface area contributed by atoms with Crippen molar-refractivity contribution in [2.75, 3.05) is 0 Å². The molecule has 1 amide bonds. The number of amides is 1. The van der Waals surface area contributed by atoms with Crippen molar-refractivity contribution in [3.63, 3.8) is 0 Å². The van der Waals surface area contributed by atoms with E-state index in [2.05, 4.69) is 20.4 Å². The molecule has 140 valence electrons. The van der Waals surface area contributed by atoms with Gasteiger partial charge in [0.15, 0.2) is 11.6 Å². The minimum Gasteiger partial charge on any atom is -0.435 e. The van der Waals surface area contributed by atoms with E-state index in [1.165, 1.54) is 37.9 Å². The number of rotatable bonds is 7. The molecular weight excluding hydrogens is 356 g/mol. The Labute approximate surface area is 154 Å². The summed E-state index contributed by atoms with van der Waals surface area (Å²) in [6, 6.07) is 6.10. The molecule has 7 nitrogen and oxygen atoms in total. The molecule has 0 saturated carbocycles. The number of nitrogens with one attached hydrogen (secondary N) is 1. The quantitative estimate of drug-likeness (QED) is 0.689. The molecule has 9 heteroatoms.